The van der Waals surface area contributed by atoms with Crippen LogP contribution in [0.25, 0.3) is 5.57 Å². The van der Waals surface area contributed by atoms with Crippen LogP contribution in [-0.2, 0) is 0 Å². The monoisotopic (exact) mass is 383 g/mol. The minimum absolute atomic E-state index is 0.00346. The van der Waals surface area contributed by atoms with Gasteiger partial charge in [0, 0.05) is 17.6 Å². The highest BCUT2D eigenvalue weighted by Gasteiger charge is 2.36. The molecule has 0 aromatic heterocycles. The Bertz CT molecular complexity index is 827. The van der Waals surface area contributed by atoms with Gasteiger partial charge in [-0.2, -0.15) is 4.99 Å². The summed E-state index contributed by atoms with van der Waals surface area (Å²) >= 11 is 6.26. The molecule has 0 saturated heterocycles. The number of hydrazine groups is 1. The molecule has 1 unspecified atom stereocenters. The number of benzene rings is 1. The lowest BCUT2D eigenvalue weighted by molar-refractivity contribution is 0.323. The van der Waals surface area contributed by atoms with Crippen LogP contribution in [0.3, 0.4) is 0 Å². The smallest absolute Gasteiger partial charge is 0.244 e. The number of rotatable bonds is 4. The van der Waals surface area contributed by atoms with Gasteiger partial charge in [-0.25, -0.2) is 28.6 Å². The van der Waals surface area contributed by atoms with Gasteiger partial charge in [-0.1, -0.05) is 25.4 Å². The van der Waals surface area contributed by atoms with Gasteiger partial charge in [-0.15, -0.1) is 0 Å². The standard InChI is InChI=1S/C16H18BClF3N5/c1-7(2)16(3,17)25-14-12(11-9(20)4-8(19)5-10(11)21)13(18)24-15-22-6-23-26(14)15/h4-5,7,23,25H,6,17H2,1-3H3. The summed E-state index contributed by atoms with van der Waals surface area (Å²) in [5, 5.41) is 4.65. The van der Waals surface area contributed by atoms with Gasteiger partial charge in [0.15, 0.2) is 0 Å². The first-order chi connectivity index (χ1) is 12.1. The third-order valence-electron chi connectivity index (χ3n) is 4.65. The predicted molar refractivity (Wildman–Crippen MR) is 98.7 cm³/mol. The maximum atomic E-state index is 14.5. The van der Waals surface area contributed by atoms with Crippen molar-refractivity contribution in [3.63, 3.8) is 0 Å². The molecular formula is C16H18BClF3N5. The summed E-state index contributed by atoms with van der Waals surface area (Å²) in [5.74, 6) is -2.36. The van der Waals surface area contributed by atoms with Gasteiger partial charge < -0.3 is 5.32 Å². The molecule has 2 aliphatic rings. The number of nitrogens with zero attached hydrogens (tertiary/aromatic N) is 3. The molecule has 2 heterocycles. The van der Waals surface area contributed by atoms with Crippen molar-refractivity contribution in [2.75, 3.05) is 6.67 Å². The average Bonchev–Trinajstić information content (AvgIpc) is 2.96. The molecule has 0 amide bonds. The molecule has 0 fully saturated rings. The number of aliphatic imine (C=N–C) groups is 2. The number of guanidine groups is 1. The summed E-state index contributed by atoms with van der Waals surface area (Å²) in [7, 11) is 1.95. The van der Waals surface area contributed by atoms with E-state index in [0.29, 0.717) is 18.0 Å². The summed E-state index contributed by atoms with van der Waals surface area (Å²) in [5.41, 5.74) is 2.07. The highest BCUT2D eigenvalue weighted by molar-refractivity contribution is 6.77. The predicted octanol–water partition coefficient (Wildman–Crippen LogP) is 2.15. The number of halogens is 4. The Labute approximate surface area is 155 Å². The van der Waals surface area contributed by atoms with Crippen LogP contribution in [0.4, 0.5) is 13.2 Å². The lowest BCUT2D eigenvalue weighted by Crippen LogP contribution is -2.54. The molecule has 138 valence electrons. The maximum absolute atomic E-state index is 14.5. The van der Waals surface area contributed by atoms with Gasteiger partial charge in [0.2, 0.25) is 5.96 Å². The van der Waals surface area contributed by atoms with Crippen LogP contribution >= 0.6 is 11.6 Å². The molecule has 1 aromatic rings. The number of allylic oxidation sites excluding steroid dienone is 1. The number of fused-ring (bicyclic) bond motifs is 1. The molecular weight excluding hydrogens is 365 g/mol. The van der Waals surface area contributed by atoms with Crippen LogP contribution in [-0.4, -0.2) is 36.1 Å². The SMILES string of the molecule is BC(C)(NC1=C(c2c(F)cc(F)cc2F)C(Cl)=NC2=NCNN21)C(C)C. The van der Waals surface area contributed by atoms with Crippen molar-refractivity contribution in [2.24, 2.45) is 15.9 Å². The highest BCUT2D eigenvalue weighted by atomic mass is 35.5. The van der Waals surface area contributed by atoms with Gasteiger partial charge in [-0.3, -0.25) is 0 Å². The molecule has 26 heavy (non-hydrogen) atoms. The number of hydrogen-bond donors (Lipinski definition) is 2. The van der Waals surface area contributed by atoms with E-state index in [-0.39, 0.29) is 29.3 Å². The molecule has 0 saturated carbocycles. The van der Waals surface area contributed by atoms with E-state index in [2.05, 4.69) is 20.7 Å². The average molecular weight is 384 g/mol. The quantitative estimate of drug-likeness (QED) is 0.784. The summed E-state index contributed by atoms with van der Waals surface area (Å²) in [6.45, 7) is 6.22. The molecule has 3 rings (SSSR count). The first-order valence-electron chi connectivity index (χ1n) is 8.12. The fraction of sp³-hybridized carbons (Fsp3) is 0.375. The molecule has 5 nitrogen and oxygen atoms in total. The van der Waals surface area contributed by atoms with Gasteiger partial charge >= 0.3 is 0 Å². The van der Waals surface area contributed by atoms with E-state index in [0.717, 1.165) is 0 Å². The Kier molecular flexibility index (Phi) is 4.79. The van der Waals surface area contributed by atoms with E-state index in [1.165, 1.54) is 5.01 Å². The zero-order valence-corrected chi connectivity index (χ0v) is 15.5. The second kappa shape index (κ2) is 6.63. The van der Waals surface area contributed by atoms with E-state index >= 15 is 0 Å². The van der Waals surface area contributed by atoms with Gasteiger partial charge in [-0.05, 0) is 12.8 Å². The van der Waals surface area contributed by atoms with E-state index in [4.69, 9.17) is 11.6 Å². The first-order valence-corrected chi connectivity index (χ1v) is 8.49. The van der Waals surface area contributed by atoms with E-state index in [1.807, 2.05) is 28.6 Å². The molecule has 0 spiro atoms. The Morgan fingerprint density at radius 2 is 1.92 bits per heavy atom. The molecule has 0 bridgehead atoms. The summed E-state index contributed by atoms with van der Waals surface area (Å²) in [6, 6.07) is 1.23. The summed E-state index contributed by atoms with van der Waals surface area (Å²) < 4.78 is 42.3. The Balaban J connectivity index is 2.24. The van der Waals surface area contributed by atoms with Crippen molar-refractivity contribution in [1.82, 2.24) is 15.8 Å². The number of nitrogens with one attached hydrogen (secondary N) is 2. The minimum Gasteiger partial charge on any atom is -0.372 e. The number of hydrogen-bond acceptors (Lipinski definition) is 5. The Morgan fingerprint density at radius 3 is 2.50 bits per heavy atom. The van der Waals surface area contributed by atoms with Crippen LogP contribution in [0.1, 0.15) is 26.3 Å². The molecule has 1 atom stereocenters. The van der Waals surface area contributed by atoms with Crippen LogP contribution in [0.5, 0.6) is 0 Å². The lowest BCUT2D eigenvalue weighted by atomic mass is 9.71. The van der Waals surface area contributed by atoms with Crippen molar-refractivity contribution in [1.29, 1.82) is 0 Å². The van der Waals surface area contributed by atoms with Crippen molar-refractivity contribution in [3.8, 4) is 0 Å². The van der Waals surface area contributed by atoms with Crippen molar-refractivity contribution >= 4 is 36.2 Å². The molecule has 2 aliphatic heterocycles. The van der Waals surface area contributed by atoms with Crippen molar-refractivity contribution < 1.29 is 13.2 Å². The molecule has 0 radical (unpaired) electrons. The summed E-state index contributed by atoms with van der Waals surface area (Å²) in [6.07, 6.45) is 0. The van der Waals surface area contributed by atoms with E-state index < -0.39 is 28.5 Å². The van der Waals surface area contributed by atoms with Gasteiger partial charge in [0.1, 0.15) is 43.0 Å². The third kappa shape index (κ3) is 3.21. The van der Waals surface area contributed by atoms with Crippen LogP contribution in [0, 0.1) is 23.4 Å². The molecule has 10 heteroatoms. The zero-order chi connectivity index (χ0) is 19.2. The zero-order valence-electron chi connectivity index (χ0n) is 14.8. The lowest BCUT2D eigenvalue weighted by Gasteiger charge is -2.38. The van der Waals surface area contributed by atoms with E-state index in [1.54, 1.807) is 0 Å². The molecule has 2 N–H and O–H groups in total. The molecule has 0 aliphatic carbocycles. The summed E-state index contributed by atoms with van der Waals surface area (Å²) in [4.78, 5) is 8.26. The fourth-order valence-corrected chi connectivity index (χ4v) is 2.77. The van der Waals surface area contributed by atoms with Crippen LogP contribution in [0.15, 0.2) is 27.9 Å². The van der Waals surface area contributed by atoms with Gasteiger partial charge in [0.05, 0.1) is 11.1 Å². The third-order valence-corrected chi connectivity index (χ3v) is 4.93. The van der Waals surface area contributed by atoms with Gasteiger partial charge in [0.25, 0.3) is 0 Å². The highest BCUT2D eigenvalue weighted by Crippen LogP contribution is 2.33. The van der Waals surface area contributed by atoms with Crippen molar-refractivity contribution in [3.05, 3.63) is 41.0 Å². The Hall–Kier alpha value is -2.00. The first kappa shape index (κ1) is 18.8. The minimum atomic E-state index is -1.06. The second-order valence-electron chi connectivity index (χ2n) is 6.98. The van der Waals surface area contributed by atoms with Crippen LogP contribution < -0.4 is 10.7 Å². The second-order valence-corrected chi connectivity index (χ2v) is 7.34. The Morgan fingerprint density at radius 1 is 1.31 bits per heavy atom. The fourth-order valence-electron chi connectivity index (χ4n) is 2.51. The molecule has 1 aromatic carbocycles. The van der Waals surface area contributed by atoms with Crippen LogP contribution in [0.2, 0.25) is 0 Å². The largest absolute Gasteiger partial charge is 0.372 e. The normalized spacial score (nSPS) is 19.3. The van der Waals surface area contributed by atoms with Crippen molar-refractivity contribution in [2.45, 2.75) is 26.2 Å². The van der Waals surface area contributed by atoms with E-state index in [9.17, 15) is 13.2 Å². The maximum Gasteiger partial charge on any atom is 0.244 e. The topological polar surface area (TPSA) is 52.0 Å².